The number of nitrogens with zero attached hydrogens (tertiary/aromatic N) is 3. The van der Waals surface area contributed by atoms with Gasteiger partial charge in [0.2, 0.25) is 5.91 Å². The van der Waals surface area contributed by atoms with Gasteiger partial charge in [-0.1, -0.05) is 6.92 Å². The van der Waals surface area contributed by atoms with E-state index in [9.17, 15) is 4.79 Å². The maximum Gasteiger partial charge on any atom is 0.224 e. The zero-order chi connectivity index (χ0) is 16.1. The van der Waals surface area contributed by atoms with E-state index in [1.165, 1.54) is 0 Å². The summed E-state index contributed by atoms with van der Waals surface area (Å²) in [6.45, 7) is 4.29. The first-order valence-electron chi connectivity index (χ1n) is 8.19. The summed E-state index contributed by atoms with van der Waals surface area (Å²) < 4.78 is 1.66. The monoisotopic (exact) mass is 313 g/mol. The van der Waals surface area contributed by atoms with Crippen LogP contribution in [0.1, 0.15) is 26.2 Å². The molecule has 1 atom stereocenters. The number of carbonyl (C=O) groups excluding carboxylic acids is 1. The Morgan fingerprint density at radius 2 is 2.22 bits per heavy atom. The molecule has 0 spiro atoms. The van der Waals surface area contributed by atoms with Crippen LogP contribution < -0.4 is 10.6 Å². The Labute approximate surface area is 136 Å². The Kier molecular flexibility index (Phi) is 5.02. The molecule has 1 aliphatic heterocycles. The summed E-state index contributed by atoms with van der Waals surface area (Å²) in [5.74, 6) is 1.70. The van der Waals surface area contributed by atoms with Crippen LogP contribution in [0.5, 0.6) is 0 Å². The SMILES string of the molecule is CC(CC(=O)Nc1cccnc1-n1cccn1)C1CCNCC1. The van der Waals surface area contributed by atoms with E-state index in [1.54, 1.807) is 17.1 Å². The maximum atomic E-state index is 12.4. The summed E-state index contributed by atoms with van der Waals surface area (Å²) in [5.41, 5.74) is 0.693. The van der Waals surface area contributed by atoms with Crippen molar-refractivity contribution in [1.29, 1.82) is 0 Å². The first-order valence-corrected chi connectivity index (χ1v) is 8.19. The summed E-state index contributed by atoms with van der Waals surface area (Å²) in [6.07, 6.45) is 8.05. The summed E-state index contributed by atoms with van der Waals surface area (Å²) in [4.78, 5) is 16.7. The molecule has 0 saturated carbocycles. The maximum absolute atomic E-state index is 12.4. The topological polar surface area (TPSA) is 71.8 Å². The summed E-state index contributed by atoms with van der Waals surface area (Å²) in [6, 6.07) is 5.51. The summed E-state index contributed by atoms with van der Waals surface area (Å²) in [7, 11) is 0. The number of hydrogen-bond acceptors (Lipinski definition) is 4. The molecule has 1 saturated heterocycles. The number of anilines is 1. The Hall–Kier alpha value is -2.21. The zero-order valence-corrected chi connectivity index (χ0v) is 13.4. The predicted molar refractivity (Wildman–Crippen MR) is 89.4 cm³/mol. The van der Waals surface area contributed by atoms with Crippen LogP contribution in [0.25, 0.3) is 5.82 Å². The second-order valence-electron chi connectivity index (χ2n) is 6.14. The number of pyridine rings is 1. The van der Waals surface area contributed by atoms with Gasteiger partial charge in [-0.05, 0) is 56.0 Å². The molecule has 0 aromatic carbocycles. The minimum atomic E-state index is 0.0393. The van der Waals surface area contributed by atoms with Gasteiger partial charge in [-0.3, -0.25) is 4.79 Å². The molecule has 1 amide bonds. The van der Waals surface area contributed by atoms with Crippen molar-refractivity contribution in [3.05, 3.63) is 36.8 Å². The van der Waals surface area contributed by atoms with Crippen LogP contribution in [0.3, 0.4) is 0 Å². The van der Waals surface area contributed by atoms with E-state index >= 15 is 0 Å². The molecule has 6 nitrogen and oxygen atoms in total. The van der Waals surface area contributed by atoms with Gasteiger partial charge in [0.1, 0.15) is 0 Å². The van der Waals surface area contributed by atoms with Crippen LogP contribution in [0.15, 0.2) is 36.8 Å². The molecular formula is C17H23N5O. The number of amides is 1. The Morgan fingerprint density at radius 1 is 1.39 bits per heavy atom. The predicted octanol–water partition coefficient (Wildman–Crippen LogP) is 2.23. The molecule has 3 rings (SSSR count). The van der Waals surface area contributed by atoms with Crippen molar-refractivity contribution in [2.75, 3.05) is 18.4 Å². The van der Waals surface area contributed by atoms with Crippen molar-refractivity contribution < 1.29 is 4.79 Å². The fourth-order valence-electron chi connectivity index (χ4n) is 3.14. The molecule has 122 valence electrons. The second kappa shape index (κ2) is 7.37. The lowest BCUT2D eigenvalue weighted by Gasteiger charge is -2.27. The van der Waals surface area contributed by atoms with Crippen molar-refractivity contribution in [2.45, 2.75) is 26.2 Å². The molecule has 1 fully saturated rings. The summed E-state index contributed by atoms with van der Waals surface area (Å²) in [5, 5.41) is 10.5. The molecule has 0 bridgehead atoms. The van der Waals surface area contributed by atoms with E-state index in [2.05, 4.69) is 27.6 Å². The van der Waals surface area contributed by atoms with Crippen LogP contribution >= 0.6 is 0 Å². The molecular weight excluding hydrogens is 290 g/mol. The fraction of sp³-hybridized carbons (Fsp3) is 0.471. The van der Waals surface area contributed by atoms with Crippen molar-refractivity contribution in [3.8, 4) is 5.82 Å². The molecule has 1 unspecified atom stereocenters. The first kappa shape index (κ1) is 15.7. The average Bonchev–Trinajstić information content (AvgIpc) is 3.10. The van der Waals surface area contributed by atoms with Gasteiger partial charge in [0.25, 0.3) is 0 Å². The van der Waals surface area contributed by atoms with Crippen molar-refractivity contribution in [3.63, 3.8) is 0 Å². The van der Waals surface area contributed by atoms with Crippen LogP contribution in [0.4, 0.5) is 5.69 Å². The third kappa shape index (κ3) is 3.96. The number of piperidine rings is 1. The van der Waals surface area contributed by atoms with Crippen molar-refractivity contribution in [2.24, 2.45) is 11.8 Å². The van der Waals surface area contributed by atoms with E-state index in [0.29, 0.717) is 29.8 Å². The zero-order valence-electron chi connectivity index (χ0n) is 13.4. The Balaban J connectivity index is 1.64. The molecule has 23 heavy (non-hydrogen) atoms. The minimum absolute atomic E-state index is 0.0393. The average molecular weight is 313 g/mol. The van der Waals surface area contributed by atoms with E-state index in [4.69, 9.17) is 0 Å². The molecule has 1 aliphatic rings. The van der Waals surface area contributed by atoms with Crippen molar-refractivity contribution >= 4 is 11.6 Å². The van der Waals surface area contributed by atoms with E-state index < -0.39 is 0 Å². The largest absolute Gasteiger partial charge is 0.323 e. The third-order valence-corrected chi connectivity index (χ3v) is 4.48. The van der Waals surface area contributed by atoms with Gasteiger partial charge in [-0.15, -0.1) is 0 Å². The number of aromatic nitrogens is 3. The fourth-order valence-corrected chi connectivity index (χ4v) is 3.14. The lowest BCUT2D eigenvalue weighted by molar-refractivity contribution is -0.117. The molecule has 0 aliphatic carbocycles. The lowest BCUT2D eigenvalue weighted by atomic mass is 9.84. The van der Waals surface area contributed by atoms with Gasteiger partial charge in [-0.25, -0.2) is 9.67 Å². The number of nitrogens with one attached hydrogen (secondary N) is 2. The quantitative estimate of drug-likeness (QED) is 0.888. The molecule has 2 aromatic rings. The van der Waals surface area contributed by atoms with Crippen LogP contribution in [-0.4, -0.2) is 33.8 Å². The normalized spacial score (nSPS) is 16.9. The van der Waals surface area contributed by atoms with Gasteiger partial charge in [0.15, 0.2) is 5.82 Å². The standard InChI is InChI=1S/C17H23N5O/c1-13(14-5-9-18-10-6-14)12-16(23)21-15-4-2-7-19-17(15)22-11-3-8-20-22/h2-4,7-8,11,13-14,18H,5-6,9-10,12H2,1H3,(H,21,23). The molecule has 3 heterocycles. The smallest absolute Gasteiger partial charge is 0.224 e. The molecule has 6 heteroatoms. The second-order valence-corrected chi connectivity index (χ2v) is 6.14. The highest BCUT2D eigenvalue weighted by atomic mass is 16.1. The van der Waals surface area contributed by atoms with Gasteiger partial charge in [0, 0.05) is 25.0 Å². The third-order valence-electron chi connectivity index (χ3n) is 4.48. The van der Waals surface area contributed by atoms with Gasteiger partial charge >= 0.3 is 0 Å². The molecule has 0 radical (unpaired) electrons. The number of hydrogen-bond donors (Lipinski definition) is 2. The van der Waals surface area contributed by atoms with Gasteiger partial charge in [-0.2, -0.15) is 5.10 Å². The number of rotatable bonds is 5. The van der Waals surface area contributed by atoms with Gasteiger partial charge < -0.3 is 10.6 Å². The highest BCUT2D eigenvalue weighted by Gasteiger charge is 2.22. The van der Waals surface area contributed by atoms with Crippen LogP contribution in [-0.2, 0) is 4.79 Å². The Bertz CT molecular complexity index is 634. The van der Waals surface area contributed by atoms with Gasteiger partial charge in [0.05, 0.1) is 5.69 Å². The molecule has 2 N–H and O–H groups in total. The minimum Gasteiger partial charge on any atom is -0.323 e. The lowest BCUT2D eigenvalue weighted by Crippen LogP contribution is -2.32. The van der Waals surface area contributed by atoms with E-state index in [1.807, 2.05) is 24.4 Å². The van der Waals surface area contributed by atoms with Crippen LogP contribution in [0, 0.1) is 11.8 Å². The Morgan fingerprint density at radius 3 is 2.96 bits per heavy atom. The first-order chi connectivity index (χ1) is 11.2. The molecule has 2 aromatic heterocycles. The van der Waals surface area contributed by atoms with Crippen LogP contribution in [0.2, 0.25) is 0 Å². The summed E-state index contributed by atoms with van der Waals surface area (Å²) >= 11 is 0. The number of carbonyl (C=O) groups is 1. The van der Waals surface area contributed by atoms with E-state index in [0.717, 1.165) is 25.9 Å². The van der Waals surface area contributed by atoms with E-state index in [-0.39, 0.29) is 5.91 Å². The highest BCUT2D eigenvalue weighted by Crippen LogP contribution is 2.25. The highest BCUT2D eigenvalue weighted by molar-refractivity contribution is 5.92. The van der Waals surface area contributed by atoms with Crippen molar-refractivity contribution in [1.82, 2.24) is 20.1 Å².